The third-order valence-electron chi connectivity index (χ3n) is 4.58. The fraction of sp³-hybridized carbons (Fsp3) is 0.857. The second-order valence-electron chi connectivity index (χ2n) is 7.45. The van der Waals surface area contributed by atoms with E-state index >= 15 is 0 Å². The first-order valence-corrected chi connectivity index (χ1v) is 10.9. The zero-order valence-corrected chi connectivity index (χ0v) is 18.4. The summed E-state index contributed by atoms with van der Waals surface area (Å²) in [4.78, 5) is 33.4. The Morgan fingerprint density at radius 3 is 1.80 bits per heavy atom. The van der Waals surface area contributed by atoms with Crippen LogP contribution in [0, 0.1) is 0 Å². The van der Waals surface area contributed by atoms with Crippen molar-refractivity contribution in [3.05, 3.63) is 0 Å². The molecule has 0 spiro atoms. The molecule has 0 aromatic rings. The van der Waals surface area contributed by atoms with Crippen LogP contribution in [0.4, 0.5) is 0 Å². The second kappa shape index (κ2) is 24.6. The predicted molar refractivity (Wildman–Crippen MR) is 123 cm³/mol. The average molecular weight is 442 g/mol. The van der Waals surface area contributed by atoms with Gasteiger partial charge in [-0.3, -0.25) is 14.4 Å². The number of carboxylic acid groups (broad SMARTS) is 2. The van der Waals surface area contributed by atoms with E-state index in [0.717, 1.165) is 25.7 Å². The maximum absolute atomic E-state index is 11.5. The minimum absolute atomic E-state index is 0. The Bertz CT molecular complexity index is 439. The number of amides is 1. The van der Waals surface area contributed by atoms with E-state index in [0.29, 0.717) is 19.4 Å². The topological polar surface area (TPSA) is 147 Å². The van der Waals surface area contributed by atoms with Crippen molar-refractivity contribution in [2.45, 2.75) is 96.4 Å². The summed E-state index contributed by atoms with van der Waals surface area (Å²) in [6.07, 6.45) is 13.6. The number of carbonyl (C=O) groups is 3. The van der Waals surface area contributed by atoms with Gasteiger partial charge in [0.15, 0.2) is 0 Å². The normalized spacial score (nSPS) is 10.9. The van der Waals surface area contributed by atoms with E-state index in [-0.39, 0.29) is 42.0 Å². The number of nitrogens with two attached hydrogens (primary N) is 2. The monoisotopic (exact) mass is 441 g/mol. The molecule has 0 saturated carbocycles. The van der Waals surface area contributed by atoms with Crippen LogP contribution in [0.1, 0.15) is 90.4 Å². The molecular weight excluding hydrogens is 397 g/mol. The van der Waals surface area contributed by atoms with Crippen LogP contribution in [0.5, 0.6) is 0 Å². The van der Waals surface area contributed by atoms with Gasteiger partial charge in [-0.2, -0.15) is 0 Å². The van der Waals surface area contributed by atoms with Crippen molar-refractivity contribution in [2.75, 3.05) is 20.1 Å². The number of aliphatic carboxylic acids is 2. The first kappa shape index (κ1) is 34.0. The van der Waals surface area contributed by atoms with Gasteiger partial charge in [0.05, 0.1) is 0 Å². The molecule has 0 heterocycles. The molecule has 0 aliphatic carbocycles. The molecule has 8 nitrogen and oxygen atoms in total. The van der Waals surface area contributed by atoms with Gasteiger partial charge in [0.2, 0.25) is 5.91 Å². The first-order valence-electron chi connectivity index (χ1n) is 10.9. The van der Waals surface area contributed by atoms with E-state index in [1.54, 1.807) is 7.05 Å². The molecule has 9 heteroatoms. The molecule has 0 aliphatic heterocycles. The van der Waals surface area contributed by atoms with Gasteiger partial charge in [-0.15, -0.1) is 0 Å². The molecule has 0 aliphatic rings. The first-order chi connectivity index (χ1) is 13.8. The van der Waals surface area contributed by atoms with Crippen LogP contribution in [0.3, 0.4) is 0 Å². The maximum atomic E-state index is 11.5. The van der Waals surface area contributed by atoms with Crippen molar-refractivity contribution in [3.8, 4) is 0 Å². The molecule has 30 heavy (non-hydrogen) atoms. The predicted octanol–water partition coefficient (Wildman–Crippen LogP) is 2.33. The van der Waals surface area contributed by atoms with Gasteiger partial charge >= 0.3 is 41.5 Å². The summed E-state index contributed by atoms with van der Waals surface area (Å²) in [6, 6.07) is -0.716. The van der Waals surface area contributed by atoms with Crippen LogP contribution in [0.2, 0.25) is 0 Å². The molecule has 0 radical (unpaired) electrons. The molecule has 1 atom stereocenters. The molecule has 1 amide bonds. The molecule has 174 valence electrons. The van der Waals surface area contributed by atoms with Gasteiger partial charge in [0, 0.05) is 13.5 Å². The molecule has 0 saturated heterocycles. The Kier molecular flexibility index (Phi) is 27.8. The molecular formula is C21H44N3NaO5. The Morgan fingerprint density at radius 1 is 0.867 bits per heavy atom. The number of likely N-dealkylation sites (N-methyl/N-ethyl adjacent to an activating group) is 1. The summed E-state index contributed by atoms with van der Waals surface area (Å²) >= 11 is 0. The SMILES string of the molecule is CCCCCCCCCCCC(=O)N(C)CC(=O)O.NCCCCC(N)C(=O)O.[NaH]. The van der Waals surface area contributed by atoms with E-state index in [1.807, 2.05) is 0 Å². The molecule has 6 N–H and O–H groups in total. The molecule has 1 unspecified atom stereocenters. The van der Waals surface area contributed by atoms with E-state index in [4.69, 9.17) is 21.7 Å². The molecule has 0 fully saturated rings. The van der Waals surface area contributed by atoms with Crippen molar-refractivity contribution in [2.24, 2.45) is 11.5 Å². The summed E-state index contributed by atoms with van der Waals surface area (Å²) in [5.74, 6) is -1.95. The summed E-state index contributed by atoms with van der Waals surface area (Å²) in [7, 11) is 1.55. The Morgan fingerprint density at radius 2 is 1.37 bits per heavy atom. The Hall–Kier alpha value is -0.670. The fourth-order valence-corrected chi connectivity index (χ4v) is 2.70. The van der Waals surface area contributed by atoms with E-state index in [1.165, 1.54) is 49.8 Å². The minimum atomic E-state index is -0.956. The Labute approximate surface area is 204 Å². The van der Waals surface area contributed by atoms with E-state index in [9.17, 15) is 14.4 Å². The van der Waals surface area contributed by atoms with Gasteiger partial charge in [-0.25, -0.2) is 0 Å². The standard InChI is InChI=1S/C15H29NO3.C6H14N2O2.Na.H/c1-3-4-5-6-7-8-9-10-11-12-14(17)16(2)13-15(18)19;7-4-2-1-3-5(8)6(9)10;;/h3-13H2,1-2H3,(H,18,19);5H,1-4,7-8H2,(H,9,10);;. The van der Waals surface area contributed by atoms with Crippen LogP contribution in [-0.2, 0) is 14.4 Å². The van der Waals surface area contributed by atoms with Crippen LogP contribution in [-0.4, -0.2) is 88.7 Å². The van der Waals surface area contributed by atoms with Gasteiger partial charge < -0.3 is 26.6 Å². The summed E-state index contributed by atoms with van der Waals surface area (Å²) < 4.78 is 0. The summed E-state index contributed by atoms with van der Waals surface area (Å²) in [5, 5.41) is 16.9. The molecule has 0 rings (SSSR count). The third-order valence-corrected chi connectivity index (χ3v) is 4.58. The van der Waals surface area contributed by atoms with E-state index < -0.39 is 18.0 Å². The van der Waals surface area contributed by atoms with Gasteiger partial charge in [-0.05, 0) is 25.8 Å². The van der Waals surface area contributed by atoms with Crippen molar-refractivity contribution in [3.63, 3.8) is 0 Å². The molecule has 0 aromatic carbocycles. The summed E-state index contributed by atoms with van der Waals surface area (Å²) in [6.45, 7) is 2.63. The molecule has 0 bridgehead atoms. The van der Waals surface area contributed by atoms with Gasteiger partial charge in [0.25, 0.3) is 0 Å². The third kappa shape index (κ3) is 25.4. The van der Waals surface area contributed by atoms with Crippen molar-refractivity contribution in [1.29, 1.82) is 0 Å². The van der Waals surface area contributed by atoms with Crippen LogP contribution >= 0.6 is 0 Å². The van der Waals surface area contributed by atoms with Crippen LogP contribution in [0.25, 0.3) is 0 Å². The van der Waals surface area contributed by atoms with Gasteiger partial charge in [-0.1, -0.05) is 64.7 Å². The Balaban J connectivity index is -0.000000563. The fourth-order valence-electron chi connectivity index (χ4n) is 2.70. The zero-order chi connectivity index (χ0) is 22.5. The number of hydrogen-bond acceptors (Lipinski definition) is 5. The van der Waals surface area contributed by atoms with Crippen LogP contribution < -0.4 is 11.5 Å². The quantitative estimate of drug-likeness (QED) is 0.200. The van der Waals surface area contributed by atoms with Crippen molar-refractivity contribution in [1.82, 2.24) is 4.90 Å². The molecule has 0 aromatic heterocycles. The van der Waals surface area contributed by atoms with Crippen LogP contribution in [0.15, 0.2) is 0 Å². The number of carboxylic acids is 2. The number of nitrogens with zero attached hydrogens (tertiary/aromatic N) is 1. The number of rotatable bonds is 17. The summed E-state index contributed by atoms with van der Waals surface area (Å²) in [5.41, 5.74) is 10.4. The number of unbranched alkanes of at least 4 members (excludes halogenated alkanes) is 9. The second-order valence-corrected chi connectivity index (χ2v) is 7.45. The average Bonchev–Trinajstić information content (AvgIpc) is 2.66. The van der Waals surface area contributed by atoms with Crippen molar-refractivity contribution >= 4 is 47.4 Å². The van der Waals surface area contributed by atoms with Crippen molar-refractivity contribution < 1.29 is 24.6 Å². The number of hydrogen-bond donors (Lipinski definition) is 4. The number of carbonyl (C=O) groups excluding carboxylic acids is 1. The van der Waals surface area contributed by atoms with E-state index in [2.05, 4.69) is 6.92 Å². The van der Waals surface area contributed by atoms with Gasteiger partial charge in [0.1, 0.15) is 12.6 Å². The zero-order valence-electron chi connectivity index (χ0n) is 18.4.